The van der Waals surface area contributed by atoms with Crippen molar-refractivity contribution < 1.29 is 18.0 Å². The predicted octanol–water partition coefficient (Wildman–Crippen LogP) is 5.33. The van der Waals surface area contributed by atoms with Gasteiger partial charge in [-0.25, -0.2) is 8.42 Å². The van der Waals surface area contributed by atoms with Crippen LogP contribution in [-0.2, 0) is 26.0 Å². The zero-order chi connectivity index (χ0) is 28.8. The van der Waals surface area contributed by atoms with Gasteiger partial charge in [-0.3, -0.25) is 13.9 Å². The third-order valence-electron chi connectivity index (χ3n) is 6.13. The van der Waals surface area contributed by atoms with E-state index in [2.05, 4.69) is 21.2 Å². The lowest BCUT2D eigenvalue weighted by molar-refractivity contribution is -0.139. The number of halogens is 1. The highest BCUT2D eigenvalue weighted by atomic mass is 79.9. The molecule has 9 heteroatoms. The summed E-state index contributed by atoms with van der Waals surface area (Å²) in [4.78, 5) is 28.6. The smallest absolute Gasteiger partial charge is 0.264 e. The minimum absolute atomic E-state index is 0.0789. The fourth-order valence-electron chi connectivity index (χ4n) is 4.04. The van der Waals surface area contributed by atoms with E-state index in [1.807, 2.05) is 58.0 Å². The summed E-state index contributed by atoms with van der Waals surface area (Å²) in [6, 6.07) is 22.2. The first-order chi connectivity index (χ1) is 18.3. The molecule has 0 saturated heterocycles. The fourth-order valence-corrected chi connectivity index (χ4v) is 5.83. The fraction of sp³-hybridized carbons (Fsp3) is 0.333. The summed E-state index contributed by atoms with van der Waals surface area (Å²) < 4.78 is 29.5. The van der Waals surface area contributed by atoms with Crippen LogP contribution in [0.25, 0.3) is 0 Å². The number of nitrogens with zero attached hydrogens (tertiary/aromatic N) is 2. The SMILES string of the molecule is Cc1ccc(S(=O)(=O)N(CC(=O)N(CCc2ccccc2)[C@H](C)C(=O)NC(C)(C)C)c2cccc(Br)c2)cc1. The molecule has 1 N–H and O–H groups in total. The molecule has 0 heterocycles. The van der Waals surface area contributed by atoms with Gasteiger partial charge in [-0.15, -0.1) is 0 Å². The van der Waals surface area contributed by atoms with Crippen LogP contribution in [0.15, 0.2) is 88.2 Å². The summed E-state index contributed by atoms with van der Waals surface area (Å²) in [6.45, 7) is 8.94. The van der Waals surface area contributed by atoms with Gasteiger partial charge in [-0.05, 0) is 76.9 Å². The highest BCUT2D eigenvalue weighted by Gasteiger charge is 2.33. The summed E-state index contributed by atoms with van der Waals surface area (Å²) in [5.41, 5.74) is 1.78. The van der Waals surface area contributed by atoms with E-state index in [0.29, 0.717) is 16.6 Å². The van der Waals surface area contributed by atoms with Crippen molar-refractivity contribution in [2.24, 2.45) is 0 Å². The second-order valence-corrected chi connectivity index (χ2v) is 13.3. The molecule has 0 saturated carbocycles. The maximum Gasteiger partial charge on any atom is 0.264 e. The third-order valence-corrected chi connectivity index (χ3v) is 8.42. The van der Waals surface area contributed by atoms with E-state index in [1.165, 1.54) is 17.0 Å². The van der Waals surface area contributed by atoms with Crippen molar-refractivity contribution in [1.29, 1.82) is 0 Å². The predicted molar refractivity (Wildman–Crippen MR) is 159 cm³/mol. The quantitative estimate of drug-likeness (QED) is 0.335. The Bertz CT molecular complexity index is 1390. The van der Waals surface area contributed by atoms with E-state index in [1.54, 1.807) is 43.3 Å². The minimum Gasteiger partial charge on any atom is -0.350 e. The van der Waals surface area contributed by atoms with Crippen molar-refractivity contribution in [3.8, 4) is 0 Å². The van der Waals surface area contributed by atoms with Crippen LogP contribution in [0.5, 0.6) is 0 Å². The second kappa shape index (κ2) is 12.8. The third kappa shape index (κ3) is 8.41. The Balaban J connectivity index is 1.99. The molecule has 208 valence electrons. The molecule has 7 nitrogen and oxygen atoms in total. The van der Waals surface area contributed by atoms with Gasteiger partial charge in [0.2, 0.25) is 11.8 Å². The molecule has 0 aliphatic carbocycles. The van der Waals surface area contributed by atoms with E-state index in [9.17, 15) is 18.0 Å². The highest BCUT2D eigenvalue weighted by Crippen LogP contribution is 2.27. The van der Waals surface area contributed by atoms with Gasteiger partial charge in [0.25, 0.3) is 10.0 Å². The molecule has 0 bridgehead atoms. The number of carbonyl (C=O) groups is 2. The minimum atomic E-state index is -4.09. The average molecular weight is 615 g/mol. The zero-order valence-electron chi connectivity index (χ0n) is 23.0. The molecule has 0 spiro atoms. The van der Waals surface area contributed by atoms with Gasteiger partial charge < -0.3 is 10.2 Å². The molecule has 3 aromatic rings. The first-order valence-corrected chi connectivity index (χ1v) is 15.0. The summed E-state index contributed by atoms with van der Waals surface area (Å²) in [5, 5.41) is 2.94. The Kier molecular flexibility index (Phi) is 9.96. The van der Waals surface area contributed by atoms with Crippen LogP contribution in [-0.4, -0.2) is 49.8 Å². The topological polar surface area (TPSA) is 86.8 Å². The lowest BCUT2D eigenvalue weighted by Crippen LogP contribution is -2.55. The van der Waals surface area contributed by atoms with Crippen LogP contribution >= 0.6 is 15.9 Å². The van der Waals surface area contributed by atoms with E-state index in [4.69, 9.17) is 0 Å². The Labute approximate surface area is 240 Å². The van der Waals surface area contributed by atoms with Crippen molar-refractivity contribution in [3.63, 3.8) is 0 Å². The van der Waals surface area contributed by atoms with Crippen LogP contribution in [0.2, 0.25) is 0 Å². The molecular formula is C30H36BrN3O4S. The van der Waals surface area contributed by atoms with Gasteiger partial charge in [-0.2, -0.15) is 0 Å². The number of nitrogens with one attached hydrogen (secondary N) is 1. The monoisotopic (exact) mass is 613 g/mol. The van der Waals surface area contributed by atoms with Gasteiger partial charge in [0, 0.05) is 16.6 Å². The molecule has 0 fully saturated rings. The first-order valence-electron chi connectivity index (χ1n) is 12.8. The number of carbonyl (C=O) groups excluding carboxylic acids is 2. The maximum absolute atomic E-state index is 13.9. The number of anilines is 1. The molecule has 2 amide bonds. The largest absolute Gasteiger partial charge is 0.350 e. The molecule has 3 aromatic carbocycles. The molecule has 0 aliphatic rings. The second-order valence-electron chi connectivity index (χ2n) is 10.5. The van der Waals surface area contributed by atoms with Crippen molar-refractivity contribution in [2.75, 3.05) is 17.4 Å². The van der Waals surface area contributed by atoms with Crippen LogP contribution in [0.3, 0.4) is 0 Å². The van der Waals surface area contributed by atoms with Crippen LogP contribution in [0.1, 0.15) is 38.8 Å². The van der Waals surface area contributed by atoms with Gasteiger partial charge in [0.05, 0.1) is 10.6 Å². The molecule has 0 radical (unpaired) electrons. The standard InChI is InChI=1S/C30H36BrN3O4S/c1-22-14-16-27(17-15-22)39(37,38)34(26-13-9-12-25(31)20-26)21-28(35)33(19-18-24-10-7-6-8-11-24)23(2)29(36)32-30(3,4)5/h6-17,20,23H,18-19,21H2,1-5H3,(H,32,36)/t23-/m1/s1. The molecule has 3 rings (SSSR count). The number of sulfonamides is 1. The van der Waals surface area contributed by atoms with E-state index in [-0.39, 0.29) is 17.3 Å². The Morgan fingerprint density at radius 2 is 1.59 bits per heavy atom. The number of aryl methyl sites for hydroxylation is 1. The van der Waals surface area contributed by atoms with Crippen molar-refractivity contribution in [1.82, 2.24) is 10.2 Å². The lowest BCUT2D eigenvalue weighted by Gasteiger charge is -2.33. The van der Waals surface area contributed by atoms with Crippen LogP contribution < -0.4 is 9.62 Å². The van der Waals surface area contributed by atoms with Crippen molar-refractivity contribution >= 4 is 43.5 Å². The molecule has 0 aromatic heterocycles. The van der Waals surface area contributed by atoms with Crippen molar-refractivity contribution in [2.45, 2.75) is 57.5 Å². The van der Waals surface area contributed by atoms with E-state index < -0.39 is 34.1 Å². The maximum atomic E-state index is 13.9. The average Bonchev–Trinajstić information content (AvgIpc) is 2.87. The van der Waals surface area contributed by atoms with Crippen molar-refractivity contribution in [3.05, 3.63) is 94.5 Å². The molecule has 0 aliphatic heterocycles. The summed E-state index contributed by atoms with van der Waals surface area (Å²) in [5.74, 6) is -0.780. The normalized spacial score (nSPS) is 12.5. The number of amides is 2. The lowest BCUT2D eigenvalue weighted by atomic mass is 10.1. The Hall–Kier alpha value is -3.17. The number of hydrogen-bond donors (Lipinski definition) is 1. The van der Waals surface area contributed by atoms with Gasteiger partial charge in [0.1, 0.15) is 12.6 Å². The van der Waals surface area contributed by atoms with Gasteiger partial charge >= 0.3 is 0 Å². The molecule has 1 atom stereocenters. The van der Waals surface area contributed by atoms with Crippen LogP contribution in [0.4, 0.5) is 5.69 Å². The van der Waals surface area contributed by atoms with Gasteiger partial charge in [0.15, 0.2) is 0 Å². The van der Waals surface area contributed by atoms with Gasteiger partial charge in [-0.1, -0.05) is 70.0 Å². The summed E-state index contributed by atoms with van der Waals surface area (Å²) >= 11 is 3.41. The first kappa shape index (κ1) is 30.4. The summed E-state index contributed by atoms with van der Waals surface area (Å²) in [6.07, 6.45) is 0.515. The van der Waals surface area contributed by atoms with E-state index >= 15 is 0 Å². The number of benzene rings is 3. The van der Waals surface area contributed by atoms with Crippen LogP contribution in [0, 0.1) is 6.92 Å². The summed E-state index contributed by atoms with van der Waals surface area (Å²) in [7, 11) is -4.09. The zero-order valence-corrected chi connectivity index (χ0v) is 25.4. The Morgan fingerprint density at radius 1 is 0.949 bits per heavy atom. The van der Waals surface area contributed by atoms with E-state index in [0.717, 1.165) is 15.4 Å². The Morgan fingerprint density at radius 3 is 2.18 bits per heavy atom. The molecular weight excluding hydrogens is 578 g/mol. The molecule has 39 heavy (non-hydrogen) atoms. The highest BCUT2D eigenvalue weighted by molar-refractivity contribution is 9.10. The molecule has 0 unspecified atom stereocenters. The number of rotatable bonds is 10. The number of hydrogen-bond acceptors (Lipinski definition) is 4.